The number of nitrogens with zero attached hydrogens (tertiary/aromatic N) is 2. The highest BCUT2D eigenvalue weighted by Gasteiger charge is 2.60. The topological polar surface area (TPSA) is 165 Å². The van der Waals surface area contributed by atoms with Gasteiger partial charge in [-0.15, -0.1) is 0 Å². The maximum atomic E-state index is 14.0. The summed E-state index contributed by atoms with van der Waals surface area (Å²) in [6.07, 6.45) is 4.54. The number of aliphatic hydroxyl groups excluding tert-OH is 2. The van der Waals surface area contributed by atoms with Crippen LogP contribution in [0.4, 0.5) is 0 Å². The fourth-order valence-electron chi connectivity index (χ4n) is 6.83. The second-order valence-corrected chi connectivity index (χ2v) is 12.6. The summed E-state index contributed by atoms with van der Waals surface area (Å²) in [5, 5.41) is 44.2. The van der Waals surface area contributed by atoms with E-state index in [0.717, 1.165) is 24.2 Å². The van der Waals surface area contributed by atoms with Crippen LogP contribution < -0.4 is 5.73 Å². The predicted octanol–water partition coefficient (Wildman–Crippen LogP) is 1.14. The summed E-state index contributed by atoms with van der Waals surface area (Å²) in [5.74, 6) is -3.86. The van der Waals surface area contributed by atoms with E-state index in [1.807, 2.05) is 6.07 Å². The molecule has 1 amide bonds. The highest BCUT2D eigenvalue weighted by atomic mass is 16.3. The molecule has 10 nitrogen and oxygen atoms in total. The third-order valence-electron chi connectivity index (χ3n) is 9.30. The van der Waals surface area contributed by atoms with Crippen LogP contribution in [0.5, 0.6) is 5.75 Å². The lowest BCUT2D eigenvalue weighted by Gasteiger charge is -2.47. The Morgan fingerprint density at radius 3 is 2.25 bits per heavy atom. The van der Waals surface area contributed by atoms with Gasteiger partial charge >= 0.3 is 0 Å². The van der Waals surface area contributed by atoms with Crippen molar-refractivity contribution in [3.05, 3.63) is 34.4 Å². The van der Waals surface area contributed by atoms with E-state index in [-0.39, 0.29) is 23.3 Å². The normalized spacial score (nSPS) is 27.1. The number of fused-ring (bicyclic) bond motifs is 2. The molecule has 10 heteroatoms. The average molecular weight is 556 g/mol. The number of nitrogens with two attached hydrogens (primary N) is 1. The van der Waals surface area contributed by atoms with E-state index in [0.29, 0.717) is 24.8 Å². The molecule has 0 heterocycles. The Balaban J connectivity index is 1.56. The van der Waals surface area contributed by atoms with Crippen LogP contribution in [-0.2, 0) is 27.3 Å². The van der Waals surface area contributed by atoms with Crippen LogP contribution in [0.3, 0.4) is 0 Å². The number of carbonyl (C=O) groups is 3. The van der Waals surface area contributed by atoms with Gasteiger partial charge < -0.3 is 31.1 Å². The zero-order valence-corrected chi connectivity index (χ0v) is 23.3. The third kappa shape index (κ3) is 5.30. The predicted molar refractivity (Wildman–Crippen MR) is 147 cm³/mol. The van der Waals surface area contributed by atoms with E-state index in [9.17, 15) is 34.8 Å². The Kier molecular flexibility index (Phi) is 7.82. The van der Waals surface area contributed by atoms with Crippen molar-refractivity contribution in [2.45, 2.75) is 63.1 Å². The van der Waals surface area contributed by atoms with Crippen LogP contribution in [0.2, 0.25) is 0 Å². The number of aliphatic hydroxyl groups is 3. The highest BCUT2D eigenvalue weighted by Crippen LogP contribution is 2.50. The lowest BCUT2D eigenvalue weighted by atomic mass is 9.59. The van der Waals surface area contributed by atoms with Crippen LogP contribution in [0, 0.1) is 23.7 Å². The summed E-state index contributed by atoms with van der Waals surface area (Å²) in [5.41, 5.74) is 4.34. The van der Waals surface area contributed by atoms with Gasteiger partial charge in [0, 0.05) is 37.2 Å². The van der Waals surface area contributed by atoms with Gasteiger partial charge in [0.15, 0.2) is 11.4 Å². The SMILES string of the molecule is CN(C)[C@H](CO)[C@@H]1C[C@@H]2Cc3c(CN(CC4CC4)CC4CC4)ccc(O)c3C(O)=C2C(=O)[C@]1(O)C(=O)CC(N)=O. The second kappa shape index (κ2) is 10.9. The monoisotopic (exact) mass is 555 g/mol. The molecule has 0 aliphatic heterocycles. The first-order valence-electron chi connectivity index (χ1n) is 14.3. The Morgan fingerprint density at radius 1 is 1.10 bits per heavy atom. The van der Waals surface area contributed by atoms with E-state index in [4.69, 9.17) is 5.73 Å². The zero-order chi connectivity index (χ0) is 28.9. The van der Waals surface area contributed by atoms with Gasteiger partial charge in [-0.3, -0.25) is 19.3 Å². The minimum Gasteiger partial charge on any atom is -0.507 e. The van der Waals surface area contributed by atoms with Gasteiger partial charge in [0.05, 0.1) is 18.6 Å². The minimum atomic E-state index is -2.66. The summed E-state index contributed by atoms with van der Waals surface area (Å²) in [6, 6.07) is 2.63. The number of phenolic OH excluding ortho intramolecular Hbond substituents is 1. The quantitative estimate of drug-likeness (QED) is 0.238. The number of benzene rings is 1. The molecule has 5 rings (SSSR count). The first kappa shape index (κ1) is 28.7. The highest BCUT2D eigenvalue weighted by molar-refractivity contribution is 6.23. The van der Waals surface area contributed by atoms with Crippen molar-refractivity contribution in [3.8, 4) is 5.75 Å². The fourth-order valence-corrected chi connectivity index (χ4v) is 6.83. The lowest BCUT2D eigenvalue weighted by Crippen LogP contribution is -2.64. The van der Waals surface area contributed by atoms with Crippen LogP contribution in [0.15, 0.2) is 17.7 Å². The van der Waals surface area contributed by atoms with Crippen molar-refractivity contribution in [1.29, 1.82) is 0 Å². The van der Waals surface area contributed by atoms with E-state index >= 15 is 0 Å². The Hall–Kier alpha value is -2.79. The number of amides is 1. The molecule has 6 N–H and O–H groups in total. The molecule has 3 saturated carbocycles. The van der Waals surface area contributed by atoms with Crippen molar-refractivity contribution in [2.75, 3.05) is 33.8 Å². The number of rotatable bonds is 12. The Morgan fingerprint density at radius 2 is 1.73 bits per heavy atom. The molecule has 4 aliphatic carbocycles. The van der Waals surface area contributed by atoms with Gasteiger partial charge in [-0.2, -0.15) is 0 Å². The van der Waals surface area contributed by atoms with E-state index < -0.39 is 59.7 Å². The number of phenols is 1. The van der Waals surface area contributed by atoms with Crippen LogP contribution >= 0.6 is 0 Å². The largest absolute Gasteiger partial charge is 0.507 e. The maximum absolute atomic E-state index is 14.0. The number of aromatic hydroxyl groups is 1. The number of hydrogen-bond acceptors (Lipinski definition) is 9. The van der Waals surface area contributed by atoms with E-state index in [1.54, 1.807) is 19.0 Å². The number of primary amides is 1. The van der Waals surface area contributed by atoms with Gasteiger partial charge in [0.25, 0.3) is 0 Å². The molecule has 40 heavy (non-hydrogen) atoms. The minimum absolute atomic E-state index is 0.109. The van der Waals surface area contributed by atoms with Crippen LogP contribution in [0.25, 0.3) is 5.76 Å². The van der Waals surface area contributed by atoms with E-state index in [2.05, 4.69) is 4.90 Å². The molecular formula is C30H41N3O7. The van der Waals surface area contributed by atoms with Crippen molar-refractivity contribution in [1.82, 2.24) is 9.80 Å². The average Bonchev–Trinajstić information content (AvgIpc) is 3.81. The molecule has 0 aromatic heterocycles. The Bertz CT molecular complexity index is 1220. The molecule has 4 atom stereocenters. The van der Waals surface area contributed by atoms with Crippen molar-refractivity contribution in [3.63, 3.8) is 0 Å². The van der Waals surface area contributed by atoms with Gasteiger partial charge in [0.2, 0.25) is 11.7 Å². The van der Waals surface area contributed by atoms with Crippen molar-refractivity contribution >= 4 is 23.2 Å². The van der Waals surface area contributed by atoms with Gasteiger partial charge in [0.1, 0.15) is 11.5 Å². The molecule has 3 fully saturated rings. The summed E-state index contributed by atoms with van der Waals surface area (Å²) >= 11 is 0. The van der Waals surface area contributed by atoms with Gasteiger partial charge in [-0.05, 0) is 87.6 Å². The molecule has 0 unspecified atom stereocenters. The lowest BCUT2D eigenvalue weighted by molar-refractivity contribution is -0.163. The number of hydrogen-bond donors (Lipinski definition) is 5. The molecule has 1 aromatic rings. The Labute approximate surface area is 234 Å². The molecular weight excluding hydrogens is 514 g/mol. The first-order valence-corrected chi connectivity index (χ1v) is 14.3. The summed E-state index contributed by atoms with van der Waals surface area (Å²) in [6.45, 7) is 2.26. The fraction of sp³-hybridized carbons (Fsp3) is 0.633. The molecule has 4 aliphatic rings. The smallest absolute Gasteiger partial charge is 0.225 e. The summed E-state index contributed by atoms with van der Waals surface area (Å²) in [4.78, 5) is 42.9. The number of likely N-dealkylation sites (N-methyl/N-ethyl adjacent to an activating group) is 1. The molecule has 1 aromatic carbocycles. The van der Waals surface area contributed by atoms with Crippen LogP contribution in [-0.4, -0.2) is 93.1 Å². The number of Topliss-reactive ketones (excluding diaryl/α,β-unsaturated/α-hetero) is 2. The summed E-state index contributed by atoms with van der Waals surface area (Å²) < 4.78 is 0. The molecule has 0 spiro atoms. The first-order chi connectivity index (χ1) is 18.9. The van der Waals surface area contributed by atoms with Crippen LogP contribution in [0.1, 0.15) is 55.2 Å². The molecule has 0 bridgehead atoms. The number of carbonyl (C=O) groups excluding carboxylic acids is 3. The zero-order valence-electron chi connectivity index (χ0n) is 23.3. The molecule has 0 radical (unpaired) electrons. The maximum Gasteiger partial charge on any atom is 0.225 e. The van der Waals surface area contributed by atoms with Crippen molar-refractivity contribution < 1.29 is 34.8 Å². The van der Waals surface area contributed by atoms with Gasteiger partial charge in [-0.25, -0.2) is 0 Å². The summed E-state index contributed by atoms with van der Waals surface area (Å²) in [7, 11) is 3.35. The van der Waals surface area contributed by atoms with Crippen molar-refractivity contribution in [2.24, 2.45) is 29.4 Å². The second-order valence-electron chi connectivity index (χ2n) is 12.6. The molecule has 218 valence electrons. The standard InChI is InChI=1S/C30H41N3O7/c1-32(2)22(15-34)21-10-19-9-20-18(14-33(12-16-3-4-16)13-17-5-6-17)7-8-23(35)27(20)28(38)26(19)29(39)30(21,40)24(36)11-25(31)37/h7-8,16-17,19,21-22,34-35,38,40H,3-6,9-15H2,1-2H3,(H2,31,37)/t19-,21-,22+,30+/m0/s1. The third-order valence-corrected chi connectivity index (χ3v) is 9.30. The molecule has 0 saturated heterocycles. The van der Waals surface area contributed by atoms with E-state index in [1.165, 1.54) is 31.7 Å². The number of ketones is 2. The van der Waals surface area contributed by atoms with Gasteiger partial charge in [-0.1, -0.05) is 6.07 Å².